The number of aliphatic hydroxyl groups is 2. The maximum atomic E-state index is 8.65. The van der Waals surface area contributed by atoms with Gasteiger partial charge in [-0.3, -0.25) is 0 Å². The number of hydrogen-bond donors (Lipinski definition) is 2. The highest BCUT2D eigenvalue weighted by molar-refractivity contribution is 4.56. The molecule has 0 aliphatic carbocycles. The van der Waals surface area contributed by atoms with Gasteiger partial charge in [0.25, 0.3) is 0 Å². The molecule has 0 aromatic rings. The van der Waals surface area contributed by atoms with Crippen molar-refractivity contribution in [3.63, 3.8) is 0 Å². The molecular formula is C12H27NO2. The predicted molar refractivity (Wildman–Crippen MR) is 64.0 cm³/mol. The SMILES string of the molecule is CCN(CCCCCO)CCCCCO. The van der Waals surface area contributed by atoms with Crippen LogP contribution in [0.4, 0.5) is 0 Å². The Kier molecular flexibility index (Phi) is 11.9. The van der Waals surface area contributed by atoms with Gasteiger partial charge in [0, 0.05) is 13.2 Å². The van der Waals surface area contributed by atoms with Crippen molar-refractivity contribution in [3.8, 4) is 0 Å². The van der Waals surface area contributed by atoms with E-state index in [4.69, 9.17) is 10.2 Å². The zero-order valence-corrected chi connectivity index (χ0v) is 10.1. The standard InChI is InChI=1S/C12H27NO2/c1-2-13(9-5-3-7-11-14)10-6-4-8-12-15/h14-15H,2-12H2,1H3. The fourth-order valence-electron chi connectivity index (χ4n) is 1.68. The van der Waals surface area contributed by atoms with E-state index >= 15 is 0 Å². The van der Waals surface area contributed by atoms with Gasteiger partial charge >= 0.3 is 0 Å². The summed E-state index contributed by atoms with van der Waals surface area (Å²) in [6, 6.07) is 0. The van der Waals surface area contributed by atoms with Gasteiger partial charge in [-0.2, -0.15) is 0 Å². The molecule has 15 heavy (non-hydrogen) atoms. The van der Waals surface area contributed by atoms with Gasteiger partial charge in [-0.05, 0) is 58.2 Å². The second kappa shape index (κ2) is 12.0. The normalized spacial score (nSPS) is 11.2. The summed E-state index contributed by atoms with van der Waals surface area (Å²) in [7, 11) is 0. The molecule has 0 saturated heterocycles. The van der Waals surface area contributed by atoms with Crippen LogP contribution < -0.4 is 0 Å². The van der Waals surface area contributed by atoms with Gasteiger partial charge in [0.2, 0.25) is 0 Å². The van der Waals surface area contributed by atoms with Crippen molar-refractivity contribution >= 4 is 0 Å². The number of rotatable bonds is 11. The van der Waals surface area contributed by atoms with Gasteiger partial charge < -0.3 is 15.1 Å². The zero-order chi connectivity index (χ0) is 11.4. The molecule has 3 nitrogen and oxygen atoms in total. The Balaban J connectivity index is 3.29. The van der Waals surface area contributed by atoms with Gasteiger partial charge in [0.15, 0.2) is 0 Å². The second-order valence-corrected chi connectivity index (χ2v) is 4.00. The summed E-state index contributed by atoms with van der Waals surface area (Å²) < 4.78 is 0. The Hall–Kier alpha value is -0.120. The van der Waals surface area contributed by atoms with Crippen molar-refractivity contribution in [3.05, 3.63) is 0 Å². The molecule has 0 aromatic heterocycles. The quantitative estimate of drug-likeness (QED) is 0.517. The molecule has 0 heterocycles. The lowest BCUT2D eigenvalue weighted by Crippen LogP contribution is -2.25. The second-order valence-electron chi connectivity index (χ2n) is 4.00. The third-order valence-corrected chi connectivity index (χ3v) is 2.71. The molecule has 2 N–H and O–H groups in total. The summed E-state index contributed by atoms with van der Waals surface area (Å²) in [5, 5.41) is 17.3. The van der Waals surface area contributed by atoms with Gasteiger partial charge in [-0.25, -0.2) is 0 Å². The van der Waals surface area contributed by atoms with Gasteiger partial charge in [-0.15, -0.1) is 0 Å². The minimum Gasteiger partial charge on any atom is -0.396 e. The number of nitrogens with zero attached hydrogens (tertiary/aromatic N) is 1. The van der Waals surface area contributed by atoms with E-state index in [0.717, 1.165) is 45.3 Å². The third-order valence-electron chi connectivity index (χ3n) is 2.71. The molecule has 0 atom stereocenters. The molecule has 0 saturated carbocycles. The Bertz CT molecular complexity index is 108. The molecule has 0 amide bonds. The molecule has 0 bridgehead atoms. The highest BCUT2D eigenvalue weighted by Gasteiger charge is 2.01. The lowest BCUT2D eigenvalue weighted by atomic mass is 10.2. The molecule has 0 aliphatic heterocycles. The smallest absolute Gasteiger partial charge is 0.0431 e. The molecule has 0 radical (unpaired) electrons. The first-order chi connectivity index (χ1) is 7.35. The van der Waals surface area contributed by atoms with Crippen molar-refractivity contribution < 1.29 is 10.2 Å². The van der Waals surface area contributed by atoms with Crippen LogP contribution in [0.25, 0.3) is 0 Å². The zero-order valence-electron chi connectivity index (χ0n) is 10.1. The van der Waals surface area contributed by atoms with E-state index in [1.165, 1.54) is 12.8 Å². The Morgan fingerprint density at radius 3 is 1.53 bits per heavy atom. The van der Waals surface area contributed by atoms with Crippen LogP contribution in [0.5, 0.6) is 0 Å². The summed E-state index contributed by atoms with van der Waals surface area (Å²) in [5.74, 6) is 0. The maximum absolute atomic E-state index is 8.65. The Labute approximate surface area is 94.1 Å². The van der Waals surface area contributed by atoms with Crippen LogP contribution in [0.3, 0.4) is 0 Å². The Morgan fingerprint density at radius 1 is 0.733 bits per heavy atom. The van der Waals surface area contributed by atoms with Crippen LogP contribution >= 0.6 is 0 Å². The number of unbranched alkanes of at least 4 members (excludes halogenated alkanes) is 4. The van der Waals surface area contributed by atoms with Gasteiger partial charge in [0.05, 0.1) is 0 Å². The van der Waals surface area contributed by atoms with E-state index in [1.807, 2.05) is 0 Å². The van der Waals surface area contributed by atoms with E-state index in [2.05, 4.69) is 11.8 Å². The molecular weight excluding hydrogens is 190 g/mol. The monoisotopic (exact) mass is 217 g/mol. The van der Waals surface area contributed by atoms with E-state index in [1.54, 1.807) is 0 Å². The first-order valence-electron chi connectivity index (χ1n) is 6.29. The largest absolute Gasteiger partial charge is 0.396 e. The molecule has 0 aromatic carbocycles. The van der Waals surface area contributed by atoms with Crippen LogP contribution in [-0.4, -0.2) is 48.0 Å². The summed E-state index contributed by atoms with van der Waals surface area (Å²) in [6.45, 7) is 6.24. The highest BCUT2D eigenvalue weighted by atomic mass is 16.3. The molecule has 0 fully saturated rings. The minimum atomic E-state index is 0.322. The lowest BCUT2D eigenvalue weighted by molar-refractivity contribution is 0.248. The van der Waals surface area contributed by atoms with Crippen LogP contribution in [-0.2, 0) is 0 Å². The first-order valence-corrected chi connectivity index (χ1v) is 6.29. The van der Waals surface area contributed by atoms with Crippen LogP contribution in [0.2, 0.25) is 0 Å². The van der Waals surface area contributed by atoms with E-state index in [9.17, 15) is 0 Å². The van der Waals surface area contributed by atoms with Gasteiger partial charge in [-0.1, -0.05) is 6.92 Å². The van der Waals surface area contributed by atoms with Crippen LogP contribution in [0.15, 0.2) is 0 Å². The van der Waals surface area contributed by atoms with E-state index in [-0.39, 0.29) is 0 Å². The van der Waals surface area contributed by atoms with Gasteiger partial charge in [0.1, 0.15) is 0 Å². The van der Waals surface area contributed by atoms with Crippen molar-refractivity contribution in [2.24, 2.45) is 0 Å². The highest BCUT2D eigenvalue weighted by Crippen LogP contribution is 2.02. The number of hydrogen-bond acceptors (Lipinski definition) is 3. The summed E-state index contributed by atoms with van der Waals surface area (Å²) >= 11 is 0. The van der Waals surface area contributed by atoms with Crippen molar-refractivity contribution in [1.29, 1.82) is 0 Å². The van der Waals surface area contributed by atoms with Crippen LogP contribution in [0.1, 0.15) is 45.4 Å². The summed E-state index contributed by atoms with van der Waals surface area (Å²) in [5.41, 5.74) is 0. The third kappa shape index (κ3) is 10.2. The van der Waals surface area contributed by atoms with Crippen molar-refractivity contribution in [1.82, 2.24) is 4.90 Å². The fraction of sp³-hybridized carbons (Fsp3) is 1.00. The number of aliphatic hydroxyl groups excluding tert-OH is 2. The Morgan fingerprint density at radius 2 is 1.20 bits per heavy atom. The maximum Gasteiger partial charge on any atom is 0.0431 e. The lowest BCUT2D eigenvalue weighted by Gasteiger charge is -2.19. The van der Waals surface area contributed by atoms with Crippen molar-refractivity contribution in [2.75, 3.05) is 32.8 Å². The molecule has 3 heteroatoms. The fourth-order valence-corrected chi connectivity index (χ4v) is 1.68. The van der Waals surface area contributed by atoms with E-state index < -0.39 is 0 Å². The first kappa shape index (κ1) is 14.9. The molecule has 0 aliphatic rings. The predicted octanol–water partition coefficient (Wildman–Crippen LogP) is 1.63. The summed E-state index contributed by atoms with van der Waals surface area (Å²) in [6.07, 6.45) is 6.50. The van der Waals surface area contributed by atoms with E-state index in [0.29, 0.717) is 13.2 Å². The average molecular weight is 217 g/mol. The van der Waals surface area contributed by atoms with Crippen molar-refractivity contribution in [2.45, 2.75) is 45.4 Å². The average Bonchev–Trinajstić information content (AvgIpc) is 2.27. The topological polar surface area (TPSA) is 43.7 Å². The van der Waals surface area contributed by atoms with Crippen LogP contribution in [0, 0.1) is 0 Å². The molecule has 92 valence electrons. The summed E-state index contributed by atoms with van der Waals surface area (Å²) in [4.78, 5) is 2.45. The molecule has 0 rings (SSSR count). The minimum absolute atomic E-state index is 0.322. The molecule has 0 unspecified atom stereocenters. The molecule has 0 spiro atoms.